The minimum Gasteiger partial charge on any atom is -0.331 e. The number of aryl methyl sites for hydroxylation is 1. The number of thiazole rings is 1. The van der Waals surface area contributed by atoms with E-state index in [9.17, 15) is 4.79 Å². The van der Waals surface area contributed by atoms with E-state index in [0.717, 1.165) is 53.1 Å². The number of fused-ring (bicyclic) bond motifs is 2. The van der Waals surface area contributed by atoms with Crippen molar-refractivity contribution >= 4 is 28.1 Å². The Morgan fingerprint density at radius 2 is 2.23 bits per heavy atom. The Morgan fingerprint density at radius 1 is 1.35 bits per heavy atom. The van der Waals surface area contributed by atoms with E-state index >= 15 is 0 Å². The van der Waals surface area contributed by atoms with Gasteiger partial charge in [0.15, 0.2) is 5.69 Å². The molecule has 2 aliphatic rings. The van der Waals surface area contributed by atoms with Crippen molar-refractivity contribution in [3.8, 4) is 10.6 Å². The van der Waals surface area contributed by atoms with Crippen LogP contribution >= 0.6 is 11.3 Å². The highest BCUT2D eigenvalue weighted by Crippen LogP contribution is 2.33. The van der Waals surface area contributed by atoms with E-state index in [0.29, 0.717) is 17.8 Å². The Morgan fingerprint density at radius 3 is 3.04 bits per heavy atom. The van der Waals surface area contributed by atoms with Crippen molar-refractivity contribution in [2.45, 2.75) is 31.8 Å². The Bertz CT molecular complexity index is 993. The normalized spacial score (nSPS) is 23.1. The molecule has 0 aliphatic carbocycles. The van der Waals surface area contributed by atoms with Crippen LogP contribution in [0.5, 0.6) is 0 Å². The lowest BCUT2D eigenvalue weighted by atomic mass is 9.86. The molecule has 5 rings (SSSR count). The molecule has 0 saturated carbocycles. The number of aromatic nitrogens is 3. The van der Waals surface area contributed by atoms with Crippen molar-refractivity contribution in [2.24, 2.45) is 0 Å². The van der Waals surface area contributed by atoms with E-state index in [4.69, 9.17) is 0 Å². The largest absolute Gasteiger partial charge is 0.331 e. The number of nitrogens with one attached hydrogen (secondary N) is 1. The molecule has 1 N–H and O–H groups in total. The highest BCUT2D eigenvalue weighted by Gasteiger charge is 2.46. The Kier molecular flexibility index (Phi) is 3.62. The Balaban J connectivity index is 1.44. The van der Waals surface area contributed by atoms with Crippen molar-refractivity contribution in [1.29, 1.82) is 0 Å². The first-order valence-corrected chi connectivity index (χ1v) is 9.91. The van der Waals surface area contributed by atoms with Gasteiger partial charge >= 0.3 is 0 Å². The zero-order valence-electron chi connectivity index (χ0n) is 14.9. The number of aromatic amines is 1. The zero-order valence-corrected chi connectivity index (χ0v) is 15.7. The number of piperidine rings is 1. The molecular formula is C19H21N5OS. The summed E-state index contributed by atoms with van der Waals surface area (Å²) in [6.45, 7) is 3.94. The minimum absolute atomic E-state index is 0.0469. The van der Waals surface area contributed by atoms with E-state index in [1.165, 1.54) is 0 Å². The Hall–Kier alpha value is -2.25. The second-order valence-corrected chi connectivity index (χ2v) is 8.20. The van der Waals surface area contributed by atoms with E-state index < -0.39 is 0 Å². The molecule has 3 aromatic rings. The molecule has 2 saturated heterocycles. The molecule has 1 unspecified atom stereocenters. The summed E-state index contributed by atoms with van der Waals surface area (Å²) in [6, 6.07) is 6.90. The first kappa shape index (κ1) is 16.0. The number of carbonyl (C=O) groups excluding carboxylic acids is 1. The van der Waals surface area contributed by atoms with Gasteiger partial charge in [-0.15, -0.1) is 11.3 Å². The van der Waals surface area contributed by atoms with Crippen LogP contribution in [0.2, 0.25) is 0 Å². The van der Waals surface area contributed by atoms with Gasteiger partial charge in [-0.2, -0.15) is 5.10 Å². The van der Waals surface area contributed by atoms with Crippen LogP contribution < -0.4 is 0 Å². The van der Waals surface area contributed by atoms with Crippen molar-refractivity contribution in [1.82, 2.24) is 25.0 Å². The van der Waals surface area contributed by atoms with Gasteiger partial charge in [0.05, 0.1) is 5.52 Å². The summed E-state index contributed by atoms with van der Waals surface area (Å²) < 4.78 is 0. The smallest absolute Gasteiger partial charge is 0.275 e. The van der Waals surface area contributed by atoms with Gasteiger partial charge in [0.25, 0.3) is 5.91 Å². The maximum absolute atomic E-state index is 13.0. The fraction of sp³-hybridized carbons (Fsp3) is 0.421. The van der Waals surface area contributed by atoms with Crippen LogP contribution in [0.1, 0.15) is 29.0 Å². The first-order chi connectivity index (χ1) is 12.6. The SMILES string of the molecule is Cc1csc(-c2ccc3c(C(=O)N4C[C@@H]5C4CCCN5C)n[nH]c3c2)n1. The number of likely N-dealkylation sites (tertiary alicyclic amines) is 2. The van der Waals surface area contributed by atoms with Gasteiger partial charge < -0.3 is 4.90 Å². The molecule has 26 heavy (non-hydrogen) atoms. The third-order valence-corrected chi connectivity index (χ3v) is 6.71. The molecule has 0 bridgehead atoms. The number of carbonyl (C=O) groups is 1. The van der Waals surface area contributed by atoms with Gasteiger partial charge in [0.1, 0.15) is 5.01 Å². The maximum Gasteiger partial charge on any atom is 0.275 e. The molecule has 2 atom stereocenters. The standard InChI is InChI=1S/C19H21N5OS/c1-11-10-26-18(20-11)12-5-6-13-14(8-12)21-22-17(13)19(25)24-9-16-15(24)4-3-7-23(16)2/h5-6,8,10,15-16H,3-4,7,9H2,1-2H3,(H,21,22)/t15?,16-/m1/s1. The average Bonchev–Trinajstić information content (AvgIpc) is 3.22. The number of nitrogens with zero attached hydrogens (tertiary/aromatic N) is 4. The maximum atomic E-state index is 13.0. The Labute approximate surface area is 155 Å². The van der Waals surface area contributed by atoms with E-state index in [1.54, 1.807) is 11.3 Å². The predicted molar refractivity (Wildman–Crippen MR) is 102 cm³/mol. The number of rotatable bonds is 2. The number of hydrogen-bond acceptors (Lipinski definition) is 5. The monoisotopic (exact) mass is 367 g/mol. The summed E-state index contributed by atoms with van der Waals surface area (Å²) in [5, 5.41) is 11.3. The molecule has 2 aromatic heterocycles. The highest BCUT2D eigenvalue weighted by molar-refractivity contribution is 7.13. The number of hydrogen-bond donors (Lipinski definition) is 1. The molecule has 1 aromatic carbocycles. The van der Waals surface area contributed by atoms with Crippen LogP contribution in [0.4, 0.5) is 0 Å². The van der Waals surface area contributed by atoms with Crippen LogP contribution in [0.15, 0.2) is 23.6 Å². The van der Waals surface area contributed by atoms with E-state index in [-0.39, 0.29) is 5.91 Å². The predicted octanol–water partition coefficient (Wildman–Crippen LogP) is 2.91. The van der Waals surface area contributed by atoms with Crippen LogP contribution in [0.25, 0.3) is 21.5 Å². The summed E-state index contributed by atoms with van der Waals surface area (Å²) in [5.41, 5.74) is 3.50. The van der Waals surface area contributed by atoms with Crippen LogP contribution in [0.3, 0.4) is 0 Å². The third kappa shape index (κ3) is 2.38. The summed E-state index contributed by atoms with van der Waals surface area (Å²) in [7, 11) is 2.16. The zero-order chi connectivity index (χ0) is 17.8. The second-order valence-electron chi connectivity index (χ2n) is 7.34. The molecule has 134 valence electrons. The van der Waals surface area contributed by atoms with Gasteiger partial charge in [0, 0.05) is 40.7 Å². The summed E-state index contributed by atoms with van der Waals surface area (Å²) in [5.74, 6) is 0.0469. The molecule has 7 heteroatoms. The molecule has 2 fully saturated rings. The number of benzene rings is 1. The van der Waals surface area contributed by atoms with Gasteiger partial charge in [-0.3, -0.25) is 14.8 Å². The lowest BCUT2D eigenvalue weighted by Gasteiger charge is -2.54. The quantitative estimate of drug-likeness (QED) is 0.756. The molecule has 1 amide bonds. The van der Waals surface area contributed by atoms with Crippen LogP contribution in [-0.4, -0.2) is 63.1 Å². The molecule has 4 heterocycles. The van der Waals surface area contributed by atoms with Crippen molar-refractivity contribution in [3.05, 3.63) is 35.0 Å². The van der Waals surface area contributed by atoms with Crippen molar-refractivity contribution in [2.75, 3.05) is 20.1 Å². The summed E-state index contributed by atoms with van der Waals surface area (Å²) in [6.07, 6.45) is 2.25. The number of likely N-dealkylation sites (N-methyl/N-ethyl adjacent to an activating group) is 1. The molecular weight excluding hydrogens is 346 g/mol. The van der Waals surface area contributed by atoms with Gasteiger partial charge in [0.2, 0.25) is 0 Å². The van der Waals surface area contributed by atoms with Gasteiger partial charge in [-0.05, 0) is 45.5 Å². The fourth-order valence-corrected chi connectivity index (χ4v) is 4.99. The van der Waals surface area contributed by atoms with Crippen LogP contribution in [0, 0.1) is 6.92 Å². The van der Waals surface area contributed by atoms with E-state index in [2.05, 4.69) is 27.1 Å². The summed E-state index contributed by atoms with van der Waals surface area (Å²) >= 11 is 1.63. The van der Waals surface area contributed by atoms with E-state index in [1.807, 2.05) is 35.4 Å². The second kappa shape index (κ2) is 5.89. The average molecular weight is 367 g/mol. The lowest BCUT2D eigenvalue weighted by molar-refractivity contribution is -0.0313. The highest BCUT2D eigenvalue weighted by atomic mass is 32.1. The number of amides is 1. The lowest BCUT2D eigenvalue weighted by Crippen LogP contribution is -2.69. The molecule has 0 spiro atoms. The van der Waals surface area contributed by atoms with Crippen LogP contribution in [-0.2, 0) is 0 Å². The number of H-pyrrole nitrogens is 1. The van der Waals surface area contributed by atoms with Gasteiger partial charge in [-0.1, -0.05) is 6.07 Å². The fourth-order valence-electron chi connectivity index (χ4n) is 4.20. The molecule has 6 nitrogen and oxygen atoms in total. The third-order valence-electron chi connectivity index (χ3n) is 5.70. The summed E-state index contributed by atoms with van der Waals surface area (Å²) in [4.78, 5) is 21.9. The van der Waals surface area contributed by atoms with Gasteiger partial charge in [-0.25, -0.2) is 4.98 Å². The molecule has 2 aliphatic heterocycles. The van der Waals surface area contributed by atoms with Crippen molar-refractivity contribution in [3.63, 3.8) is 0 Å². The first-order valence-electron chi connectivity index (χ1n) is 9.03. The van der Waals surface area contributed by atoms with Crippen molar-refractivity contribution < 1.29 is 4.79 Å². The molecule has 0 radical (unpaired) electrons. The topological polar surface area (TPSA) is 65.1 Å². The minimum atomic E-state index is 0.0469.